The highest BCUT2D eigenvalue weighted by atomic mass is 35.5. The van der Waals surface area contributed by atoms with E-state index in [-0.39, 0.29) is 5.91 Å². The first-order valence-corrected chi connectivity index (χ1v) is 7.79. The third kappa shape index (κ3) is 5.04. The predicted octanol–water partition coefficient (Wildman–Crippen LogP) is 3.53. The van der Waals surface area contributed by atoms with E-state index < -0.39 is 0 Å². The molecular formula is C17H20ClN3O. The highest BCUT2D eigenvalue weighted by molar-refractivity contribution is 6.30. The number of halogens is 1. The molecule has 0 aliphatic heterocycles. The maximum absolute atomic E-state index is 12.1. The lowest BCUT2D eigenvalue weighted by Crippen LogP contribution is -2.25. The van der Waals surface area contributed by atoms with E-state index in [1.54, 1.807) is 18.3 Å². The second-order valence-electron chi connectivity index (χ2n) is 4.99. The summed E-state index contributed by atoms with van der Waals surface area (Å²) in [6.45, 7) is 3.49. The van der Waals surface area contributed by atoms with E-state index >= 15 is 0 Å². The summed E-state index contributed by atoms with van der Waals surface area (Å²) in [5.41, 5.74) is 1.72. The van der Waals surface area contributed by atoms with E-state index in [4.69, 9.17) is 11.6 Å². The van der Waals surface area contributed by atoms with Gasteiger partial charge in [-0.2, -0.15) is 0 Å². The van der Waals surface area contributed by atoms with E-state index in [2.05, 4.69) is 22.5 Å². The van der Waals surface area contributed by atoms with Crippen molar-refractivity contribution in [3.63, 3.8) is 0 Å². The van der Waals surface area contributed by atoms with Crippen LogP contribution in [-0.2, 0) is 6.42 Å². The maximum Gasteiger partial charge on any atom is 0.251 e. The standard InChI is InChI=1S/C17H20ClN3O/c1-2-8-19-16-12-14(7-10-20-16)17(22)21-9-6-13-4-3-5-15(18)11-13/h3-5,7,10-12H,2,6,8-9H2,1H3,(H,19,20)(H,21,22). The van der Waals surface area contributed by atoms with Crippen LogP contribution in [0.3, 0.4) is 0 Å². The van der Waals surface area contributed by atoms with Crippen molar-refractivity contribution in [1.29, 1.82) is 0 Å². The lowest BCUT2D eigenvalue weighted by molar-refractivity contribution is 0.0954. The van der Waals surface area contributed by atoms with Crippen LogP contribution in [0.15, 0.2) is 42.6 Å². The Balaban J connectivity index is 1.86. The number of amides is 1. The van der Waals surface area contributed by atoms with Gasteiger partial charge in [-0.1, -0.05) is 30.7 Å². The van der Waals surface area contributed by atoms with Crippen LogP contribution in [0.1, 0.15) is 29.3 Å². The minimum Gasteiger partial charge on any atom is -0.370 e. The van der Waals surface area contributed by atoms with Gasteiger partial charge in [-0.25, -0.2) is 4.98 Å². The molecule has 2 N–H and O–H groups in total. The van der Waals surface area contributed by atoms with Gasteiger partial charge in [-0.3, -0.25) is 4.79 Å². The summed E-state index contributed by atoms with van der Waals surface area (Å²) in [5.74, 6) is 0.633. The lowest BCUT2D eigenvalue weighted by atomic mass is 10.1. The molecule has 2 aromatic rings. The molecule has 0 radical (unpaired) electrons. The molecule has 1 aromatic heterocycles. The highest BCUT2D eigenvalue weighted by Crippen LogP contribution is 2.11. The van der Waals surface area contributed by atoms with Gasteiger partial charge in [0.05, 0.1) is 0 Å². The number of rotatable bonds is 7. The number of aromatic nitrogens is 1. The van der Waals surface area contributed by atoms with Crippen molar-refractivity contribution in [3.05, 3.63) is 58.7 Å². The van der Waals surface area contributed by atoms with E-state index in [9.17, 15) is 4.79 Å². The summed E-state index contributed by atoms with van der Waals surface area (Å²) >= 11 is 5.94. The normalized spacial score (nSPS) is 10.3. The number of nitrogens with zero attached hydrogens (tertiary/aromatic N) is 1. The molecule has 0 spiro atoms. The first kappa shape index (κ1) is 16.3. The van der Waals surface area contributed by atoms with Crippen LogP contribution in [0.2, 0.25) is 5.02 Å². The number of hydrogen-bond donors (Lipinski definition) is 2. The molecule has 116 valence electrons. The molecule has 1 aromatic carbocycles. The van der Waals surface area contributed by atoms with Crippen molar-refractivity contribution in [2.75, 3.05) is 18.4 Å². The van der Waals surface area contributed by atoms with Crippen LogP contribution in [0.4, 0.5) is 5.82 Å². The number of anilines is 1. The van der Waals surface area contributed by atoms with E-state index in [1.807, 2.05) is 24.3 Å². The van der Waals surface area contributed by atoms with Crippen molar-refractivity contribution < 1.29 is 4.79 Å². The van der Waals surface area contributed by atoms with Gasteiger partial charge in [0.25, 0.3) is 5.91 Å². The van der Waals surface area contributed by atoms with Crippen LogP contribution in [0, 0.1) is 0 Å². The minimum absolute atomic E-state index is 0.0935. The summed E-state index contributed by atoms with van der Waals surface area (Å²) in [6.07, 6.45) is 3.40. The molecule has 1 heterocycles. The Hall–Kier alpha value is -2.07. The monoisotopic (exact) mass is 317 g/mol. The van der Waals surface area contributed by atoms with Gasteiger partial charge < -0.3 is 10.6 Å². The van der Waals surface area contributed by atoms with Gasteiger partial charge in [-0.05, 0) is 42.7 Å². The summed E-state index contributed by atoms with van der Waals surface area (Å²) < 4.78 is 0. The molecule has 22 heavy (non-hydrogen) atoms. The van der Waals surface area contributed by atoms with Gasteiger partial charge in [0.15, 0.2) is 0 Å². The molecule has 0 atom stereocenters. The Morgan fingerprint density at radius 3 is 2.86 bits per heavy atom. The van der Waals surface area contributed by atoms with Gasteiger partial charge in [0.2, 0.25) is 0 Å². The van der Waals surface area contributed by atoms with E-state index in [0.717, 1.165) is 30.8 Å². The number of carbonyl (C=O) groups excluding carboxylic acids is 1. The first-order chi connectivity index (χ1) is 10.7. The fraction of sp³-hybridized carbons (Fsp3) is 0.294. The number of benzene rings is 1. The quantitative estimate of drug-likeness (QED) is 0.821. The zero-order valence-corrected chi connectivity index (χ0v) is 13.4. The molecule has 5 heteroatoms. The van der Waals surface area contributed by atoms with Gasteiger partial charge >= 0.3 is 0 Å². The molecule has 4 nitrogen and oxygen atoms in total. The SMILES string of the molecule is CCCNc1cc(C(=O)NCCc2cccc(Cl)c2)ccn1. The summed E-state index contributed by atoms with van der Waals surface area (Å²) in [5, 5.41) is 6.80. The van der Waals surface area contributed by atoms with Crippen LogP contribution in [0.5, 0.6) is 0 Å². The summed E-state index contributed by atoms with van der Waals surface area (Å²) in [7, 11) is 0. The largest absolute Gasteiger partial charge is 0.370 e. The fourth-order valence-electron chi connectivity index (χ4n) is 2.04. The Bertz CT molecular complexity index is 631. The summed E-state index contributed by atoms with van der Waals surface area (Å²) in [6, 6.07) is 11.1. The predicted molar refractivity (Wildman–Crippen MR) is 90.5 cm³/mol. The van der Waals surface area contributed by atoms with Crippen molar-refractivity contribution in [2.45, 2.75) is 19.8 Å². The third-order valence-corrected chi connectivity index (χ3v) is 3.40. The molecule has 0 bridgehead atoms. The van der Waals surface area contributed by atoms with Crippen molar-refractivity contribution in [3.8, 4) is 0 Å². The molecule has 0 aliphatic carbocycles. The number of nitrogens with one attached hydrogen (secondary N) is 2. The lowest BCUT2D eigenvalue weighted by Gasteiger charge is -2.08. The average Bonchev–Trinajstić information content (AvgIpc) is 2.53. The van der Waals surface area contributed by atoms with Gasteiger partial charge in [0.1, 0.15) is 5.82 Å². The highest BCUT2D eigenvalue weighted by Gasteiger charge is 2.06. The fourth-order valence-corrected chi connectivity index (χ4v) is 2.25. The molecular weight excluding hydrogens is 298 g/mol. The average molecular weight is 318 g/mol. The molecule has 1 amide bonds. The van der Waals surface area contributed by atoms with E-state index in [1.165, 1.54) is 0 Å². The van der Waals surface area contributed by atoms with Crippen molar-refractivity contribution in [2.24, 2.45) is 0 Å². The van der Waals surface area contributed by atoms with Crippen LogP contribution < -0.4 is 10.6 Å². The van der Waals surface area contributed by atoms with Crippen molar-refractivity contribution in [1.82, 2.24) is 10.3 Å². The Morgan fingerprint density at radius 2 is 2.09 bits per heavy atom. The van der Waals surface area contributed by atoms with Crippen molar-refractivity contribution >= 4 is 23.3 Å². The Morgan fingerprint density at radius 1 is 1.23 bits per heavy atom. The third-order valence-electron chi connectivity index (χ3n) is 3.17. The molecule has 2 rings (SSSR count). The molecule has 0 unspecified atom stereocenters. The Labute approximate surface area is 135 Å². The van der Waals surface area contributed by atoms with E-state index in [0.29, 0.717) is 17.1 Å². The van der Waals surface area contributed by atoms with Gasteiger partial charge in [0, 0.05) is 29.9 Å². The molecule has 0 aliphatic rings. The number of carbonyl (C=O) groups is 1. The second-order valence-corrected chi connectivity index (χ2v) is 5.43. The number of hydrogen-bond acceptors (Lipinski definition) is 3. The second kappa shape index (κ2) is 8.39. The zero-order valence-electron chi connectivity index (χ0n) is 12.6. The number of pyridine rings is 1. The first-order valence-electron chi connectivity index (χ1n) is 7.41. The van der Waals surface area contributed by atoms with Crippen LogP contribution in [0.25, 0.3) is 0 Å². The summed E-state index contributed by atoms with van der Waals surface area (Å²) in [4.78, 5) is 16.3. The van der Waals surface area contributed by atoms with Crippen LogP contribution in [-0.4, -0.2) is 24.0 Å². The Kier molecular flexibility index (Phi) is 6.22. The maximum atomic E-state index is 12.1. The zero-order chi connectivity index (χ0) is 15.8. The molecule has 0 saturated carbocycles. The molecule has 0 saturated heterocycles. The van der Waals surface area contributed by atoms with Gasteiger partial charge in [-0.15, -0.1) is 0 Å². The van der Waals surface area contributed by atoms with Crippen LogP contribution >= 0.6 is 11.6 Å². The topological polar surface area (TPSA) is 54.0 Å². The molecule has 0 fully saturated rings. The smallest absolute Gasteiger partial charge is 0.251 e. The minimum atomic E-state index is -0.0935.